The molecule has 1 N–H and O–H groups in total. The minimum atomic E-state index is -4.55. The first kappa shape index (κ1) is 18.8. The SMILES string of the molecule is CC1=NC(C)=C(c2nnc(C)o2)C(c2cccc(C(F)(F)F)c2)C1C(=O)O. The maximum atomic E-state index is 13.2. The zero-order chi connectivity index (χ0) is 19.9. The van der Waals surface area contributed by atoms with Crippen LogP contribution in [0.2, 0.25) is 0 Å². The molecular formula is C18H16F3N3O3. The highest BCUT2D eigenvalue weighted by Gasteiger charge is 2.41. The van der Waals surface area contributed by atoms with Gasteiger partial charge in [0.25, 0.3) is 0 Å². The summed E-state index contributed by atoms with van der Waals surface area (Å²) in [4.78, 5) is 16.2. The number of nitrogens with zero attached hydrogens (tertiary/aromatic N) is 3. The predicted octanol–water partition coefficient (Wildman–Crippen LogP) is 4.09. The molecule has 0 spiro atoms. The van der Waals surface area contributed by atoms with Gasteiger partial charge in [0.05, 0.1) is 5.56 Å². The smallest absolute Gasteiger partial charge is 0.416 e. The number of carbonyl (C=O) groups is 1. The number of hydrogen-bond donors (Lipinski definition) is 1. The van der Waals surface area contributed by atoms with Crippen LogP contribution in [0.5, 0.6) is 0 Å². The maximum Gasteiger partial charge on any atom is 0.416 e. The van der Waals surface area contributed by atoms with Crippen molar-refractivity contribution in [2.45, 2.75) is 32.9 Å². The quantitative estimate of drug-likeness (QED) is 0.868. The van der Waals surface area contributed by atoms with Crippen LogP contribution in [0.15, 0.2) is 39.4 Å². The third-order valence-corrected chi connectivity index (χ3v) is 4.42. The van der Waals surface area contributed by atoms with Gasteiger partial charge in [-0.05, 0) is 25.5 Å². The Hall–Kier alpha value is -2.97. The molecule has 0 saturated heterocycles. The summed E-state index contributed by atoms with van der Waals surface area (Å²) in [7, 11) is 0. The molecule has 2 unspecified atom stereocenters. The van der Waals surface area contributed by atoms with Gasteiger partial charge in [-0.25, -0.2) is 0 Å². The number of aliphatic imine (C=N–C) groups is 1. The van der Waals surface area contributed by atoms with Crippen molar-refractivity contribution in [1.29, 1.82) is 0 Å². The Morgan fingerprint density at radius 1 is 1.19 bits per heavy atom. The van der Waals surface area contributed by atoms with Crippen molar-refractivity contribution in [2.24, 2.45) is 10.9 Å². The monoisotopic (exact) mass is 379 g/mol. The molecule has 1 aromatic heterocycles. The van der Waals surface area contributed by atoms with E-state index >= 15 is 0 Å². The molecule has 27 heavy (non-hydrogen) atoms. The summed E-state index contributed by atoms with van der Waals surface area (Å²) in [5.74, 6) is -2.98. The summed E-state index contributed by atoms with van der Waals surface area (Å²) in [6.45, 7) is 4.74. The van der Waals surface area contributed by atoms with Crippen LogP contribution >= 0.6 is 0 Å². The van der Waals surface area contributed by atoms with Crippen LogP contribution in [0.25, 0.3) is 5.57 Å². The number of aliphatic carboxylic acids is 1. The second kappa shape index (κ2) is 6.64. The van der Waals surface area contributed by atoms with Crippen LogP contribution in [0, 0.1) is 12.8 Å². The minimum absolute atomic E-state index is 0.0508. The average Bonchev–Trinajstić information content (AvgIpc) is 2.99. The molecule has 2 aromatic rings. The number of halogens is 3. The largest absolute Gasteiger partial charge is 0.481 e. The van der Waals surface area contributed by atoms with Crippen LogP contribution in [0.1, 0.15) is 42.7 Å². The third kappa shape index (κ3) is 3.49. The van der Waals surface area contributed by atoms with Gasteiger partial charge in [0, 0.05) is 29.8 Å². The van der Waals surface area contributed by atoms with Gasteiger partial charge in [0.15, 0.2) is 0 Å². The number of benzene rings is 1. The number of allylic oxidation sites excluding steroid dienone is 2. The molecule has 0 amide bonds. The number of carboxylic acid groups (broad SMARTS) is 1. The third-order valence-electron chi connectivity index (χ3n) is 4.42. The van der Waals surface area contributed by atoms with E-state index in [4.69, 9.17) is 4.42 Å². The number of aryl methyl sites for hydroxylation is 1. The van der Waals surface area contributed by atoms with Gasteiger partial charge in [0.2, 0.25) is 11.8 Å². The van der Waals surface area contributed by atoms with Gasteiger partial charge < -0.3 is 9.52 Å². The molecule has 0 radical (unpaired) electrons. The fraction of sp³-hybridized carbons (Fsp3) is 0.333. The summed E-state index contributed by atoms with van der Waals surface area (Å²) in [6.07, 6.45) is -4.55. The highest BCUT2D eigenvalue weighted by Crippen LogP contribution is 2.44. The Kier molecular flexibility index (Phi) is 4.63. The molecule has 6 nitrogen and oxygen atoms in total. The van der Waals surface area contributed by atoms with Crippen LogP contribution in [0.4, 0.5) is 13.2 Å². The van der Waals surface area contributed by atoms with E-state index in [0.717, 1.165) is 12.1 Å². The molecule has 2 heterocycles. The van der Waals surface area contributed by atoms with E-state index in [2.05, 4.69) is 15.2 Å². The van der Waals surface area contributed by atoms with E-state index in [-0.39, 0.29) is 17.3 Å². The summed E-state index contributed by atoms with van der Waals surface area (Å²) in [6, 6.07) is 4.61. The lowest BCUT2D eigenvalue weighted by Gasteiger charge is -2.30. The van der Waals surface area contributed by atoms with Crippen molar-refractivity contribution in [3.05, 3.63) is 52.9 Å². The molecule has 9 heteroatoms. The van der Waals surface area contributed by atoms with Crippen LogP contribution < -0.4 is 0 Å². The fourth-order valence-corrected chi connectivity index (χ4v) is 3.31. The second-order valence-electron chi connectivity index (χ2n) is 6.30. The molecule has 0 fully saturated rings. The molecule has 1 aliphatic rings. The van der Waals surface area contributed by atoms with Gasteiger partial charge in [-0.2, -0.15) is 13.2 Å². The molecule has 3 rings (SSSR count). The molecule has 0 bridgehead atoms. The van der Waals surface area contributed by atoms with Crippen LogP contribution in [-0.2, 0) is 11.0 Å². The summed E-state index contributed by atoms with van der Waals surface area (Å²) in [5, 5.41) is 17.4. The summed E-state index contributed by atoms with van der Waals surface area (Å²) in [5.41, 5.74) is 0.367. The van der Waals surface area contributed by atoms with Crippen LogP contribution in [-0.4, -0.2) is 27.0 Å². The van der Waals surface area contributed by atoms with E-state index in [9.17, 15) is 23.1 Å². The van der Waals surface area contributed by atoms with E-state index < -0.39 is 29.5 Å². The van der Waals surface area contributed by atoms with Gasteiger partial charge in [-0.15, -0.1) is 10.2 Å². The standard InChI is InChI=1S/C18H16F3N3O3/c1-8-13(16-24-23-10(3)27-16)15(14(17(25)26)9(2)22-8)11-5-4-6-12(7-11)18(19,20)21/h4-7,14-15H,1-3H3,(H,25,26). The number of rotatable bonds is 3. The number of aromatic nitrogens is 2. The minimum Gasteiger partial charge on any atom is -0.481 e. The number of hydrogen-bond acceptors (Lipinski definition) is 5. The van der Waals surface area contributed by atoms with Crippen molar-refractivity contribution >= 4 is 17.3 Å². The molecule has 0 saturated carbocycles. The topological polar surface area (TPSA) is 88.6 Å². The predicted molar refractivity (Wildman–Crippen MR) is 90.0 cm³/mol. The molecular weight excluding hydrogens is 363 g/mol. The first-order valence-electron chi connectivity index (χ1n) is 8.06. The zero-order valence-electron chi connectivity index (χ0n) is 14.7. The Morgan fingerprint density at radius 3 is 2.44 bits per heavy atom. The van der Waals surface area contributed by atoms with E-state index in [1.165, 1.54) is 12.1 Å². The Balaban J connectivity index is 2.24. The van der Waals surface area contributed by atoms with Crippen LogP contribution in [0.3, 0.4) is 0 Å². The van der Waals surface area contributed by atoms with Gasteiger partial charge in [-0.3, -0.25) is 9.79 Å². The molecule has 0 aliphatic carbocycles. The molecule has 2 atom stereocenters. The first-order valence-corrected chi connectivity index (χ1v) is 8.06. The van der Waals surface area contributed by atoms with Gasteiger partial charge in [-0.1, -0.05) is 18.2 Å². The van der Waals surface area contributed by atoms with Crippen molar-refractivity contribution in [2.75, 3.05) is 0 Å². The number of alkyl halides is 3. The van der Waals surface area contributed by atoms with Gasteiger partial charge in [0.1, 0.15) is 5.92 Å². The summed E-state index contributed by atoms with van der Waals surface area (Å²) < 4.78 is 45.0. The van der Waals surface area contributed by atoms with E-state index in [0.29, 0.717) is 17.0 Å². The zero-order valence-corrected chi connectivity index (χ0v) is 14.7. The normalized spacial score (nSPS) is 20.6. The Morgan fingerprint density at radius 2 is 1.89 bits per heavy atom. The van der Waals surface area contributed by atoms with E-state index in [1.54, 1.807) is 20.8 Å². The van der Waals surface area contributed by atoms with Crippen molar-refractivity contribution in [3.63, 3.8) is 0 Å². The lowest BCUT2D eigenvalue weighted by atomic mass is 9.75. The first-order chi connectivity index (χ1) is 12.6. The van der Waals surface area contributed by atoms with Gasteiger partial charge >= 0.3 is 12.1 Å². The molecule has 1 aliphatic heterocycles. The highest BCUT2D eigenvalue weighted by atomic mass is 19.4. The molecule has 1 aromatic carbocycles. The maximum absolute atomic E-state index is 13.2. The Bertz CT molecular complexity index is 960. The van der Waals surface area contributed by atoms with Crippen molar-refractivity contribution < 1.29 is 27.5 Å². The van der Waals surface area contributed by atoms with Crippen molar-refractivity contribution in [1.82, 2.24) is 10.2 Å². The summed E-state index contributed by atoms with van der Waals surface area (Å²) >= 11 is 0. The average molecular weight is 379 g/mol. The van der Waals surface area contributed by atoms with Crippen molar-refractivity contribution in [3.8, 4) is 0 Å². The number of carboxylic acids is 1. The lowest BCUT2D eigenvalue weighted by Crippen LogP contribution is -2.32. The van der Waals surface area contributed by atoms with E-state index in [1.807, 2.05) is 0 Å². The Labute approximate surface area is 152 Å². The molecule has 142 valence electrons. The fourth-order valence-electron chi connectivity index (χ4n) is 3.31. The highest BCUT2D eigenvalue weighted by molar-refractivity contribution is 6.05. The second-order valence-corrected chi connectivity index (χ2v) is 6.30. The lowest BCUT2D eigenvalue weighted by molar-refractivity contribution is -0.139.